The third kappa shape index (κ3) is 4.82. The smallest absolute Gasteiger partial charge is 0.361 e. The zero-order valence-corrected chi connectivity index (χ0v) is 14.2. The predicted octanol–water partition coefficient (Wildman–Crippen LogP) is 3.11. The number of amides is 1. The number of rotatable bonds is 5. The average Bonchev–Trinajstić information content (AvgIpc) is 2.46. The second-order valence-electron chi connectivity index (χ2n) is 4.82. The second kappa shape index (κ2) is 7.75. The maximum absolute atomic E-state index is 12.2. The van der Waals surface area contributed by atoms with Gasteiger partial charge in [0.05, 0.1) is 0 Å². The number of carbonyl (C=O) groups is 2. The molecule has 1 N–H and O–H groups in total. The lowest BCUT2D eigenvalue weighted by molar-refractivity contribution is -0.122. The first-order valence-corrected chi connectivity index (χ1v) is 7.50. The average molecular weight is 363 g/mol. The Morgan fingerprint density at radius 2 is 1.73 bits per heavy atom. The third-order valence-electron chi connectivity index (χ3n) is 2.82. The van der Waals surface area contributed by atoms with Crippen molar-refractivity contribution >= 4 is 52.2 Å². The molecule has 22 heavy (non-hydrogen) atoms. The highest BCUT2D eigenvalue weighted by Gasteiger charge is 2.39. The maximum atomic E-state index is 12.2. The highest BCUT2D eigenvalue weighted by Crippen LogP contribution is 2.27. The molecule has 5 nitrogen and oxygen atoms in total. The van der Waals surface area contributed by atoms with E-state index < -0.39 is 27.4 Å². The first-order valence-electron chi connectivity index (χ1n) is 6.37. The van der Waals surface area contributed by atoms with Crippen LogP contribution < -0.4 is 5.32 Å². The molecule has 0 saturated carbocycles. The van der Waals surface area contributed by atoms with Gasteiger partial charge in [-0.05, 0) is 5.56 Å². The summed E-state index contributed by atoms with van der Waals surface area (Å²) >= 11 is 16.6. The van der Waals surface area contributed by atoms with Gasteiger partial charge in [0.1, 0.15) is 0 Å². The Morgan fingerprint density at radius 3 is 2.14 bits per heavy atom. The van der Waals surface area contributed by atoms with E-state index in [-0.39, 0.29) is 5.71 Å². The van der Waals surface area contributed by atoms with Gasteiger partial charge in [-0.3, -0.25) is 9.59 Å². The molecular weight excluding hydrogens is 349 g/mol. The summed E-state index contributed by atoms with van der Waals surface area (Å²) in [5.41, 5.74) is 9.50. The number of alkyl halides is 3. The van der Waals surface area contributed by atoms with E-state index in [2.05, 4.69) is 10.1 Å². The van der Waals surface area contributed by atoms with E-state index in [4.69, 9.17) is 34.8 Å². The van der Waals surface area contributed by atoms with Gasteiger partial charge in [-0.2, -0.15) is 4.79 Å². The van der Waals surface area contributed by atoms with Crippen LogP contribution in [0.2, 0.25) is 0 Å². The number of halogens is 3. The molecule has 1 aromatic carbocycles. The highest BCUT2D eigenvalue weighted by atomic mass is 35.6. The molecule has 1 amide bonds. The topological polar surface area (TPSA) is 82.6 Å². The van der Waals surface area contributed by atoms with Crippen molar-refractivity contribution in [3.8, 4) is 0 Å². The number of hydrogen-bond donors (Lipinski definition) is 1. The van der Waals surface area contributed by atoms with Crippen LogP contribution in [-0.2, 0) is 9.59 Å². The maximum Gasteiger partial charge on any atom is 0.361 e. The summed E-state index contributed by atoms with van der Waals surface area (Å²) in [4.78, 5) is 27.1. The fraction of sp³-hybridized carbons (Fsp3) is 0.357. The fourth-order valence-corrected chi connectivity index (χ4v) is 1.88. The lowest BCUT2D eigenvalue weighted by atomic mass is 9.94. The van der Waals surface area contributed by atoms with E-state index in [1.54, 1.807) is 44.2 Å². The predicted molar refractivity (Wildman–Crippen MR) is 86.1 cm³/mol. The van der Waals surface area contributed by atoms with Gasteiger partial charge < -0.3 is 10.8 Å². The van der Waals surface area contributed by atoms with Gasteiger partial charge in [-0.1, -0.05) is 79.0 Å². The van der Waals surface area contributed by atoms with Crippen LogP contribution in [0, 0.1) is 5.92 Å². The number of nitrogens with one attached hydrogen (secondary N) is 1. The molecular formula is C14H14Cl3N3O2. The molecule has 0 fully saturated rings. The number of carbonyl (C=O) groups excluding carboxylic acids is 2. The van der Waals surface area contributed by atoms with Gasteiger partial charge in [0.15, 0.2) is 6.04 Å². The summed E-state index contributed by atoms with van der Waals surface area (Å²) in [7, 11) is 0. The minimum Gasteiger partial charge on any atom is -0.361 e. The Balaban J connectivity index is 3.26. The highest BCUT2D eigenvalue weighted by molar-refractivity contribution is 6.76. The number of ketones is 1. The van der Waals surface area contributed by atoms with Crippen molar-refractivity contribution in [3.63, 3.8) is 0 Å². The Labute approximate surface area is 143 Å². The summed E-state index contributed by atoms with van der Waals surface area (Å²) in [5, 5.41) is 2.41. The summed E-state index contributed by atoms with van der Waals surface area (Å²) in [6.07, 6.45) is 0. The quantitative estimate of drug-likeness (QED) is 0.378. The first-order chi connectivity index (χ1) is 10.2. The molecule has 0 heterocycles. The van der Waals surface area contributed by atoms with Gasteiger partial charge in [0.25, 0.3) is 9.70 Å². The third-order valence-corrected chi connectivity index (χ3v) is 3.34. The molecule has 0 spiro atoms. The molecule has 0 aliphatic rings. The summed E-state index contributed by atoms with van der Waals surface area (Å²) in [5.74, 6) is -1.79. The van der Waals surface area contributed by atoms with Crippen LogP contribution in [0.3, 0.4) is 0 Å². The van der Waals surface area contributed by atoms with E-state index in [1.165, 1.54) is 0 Å². The van der Waals surface area contributed by atoms with E-state index >= 15 is 0 Å². The number of hydrogen-bond acceptors (Lipinski definition) is 2. The van der Waals surface area contributed by atoms with Crippen LogP contribution >= 0.6 is 34.8 Å². The normalized spacial score (nSPS) is 12.5. The Hall–Kier alpha value is -1.39. The molecule has 0 bridgehead atoms. The summed E-state index contributed by atoms with van der Waals surface area (Å²) < 4.78 is -2.20. The Bertz CT molecular complexity index is 606. The SMILES string of the molecule is CC(C)C(=O)C(=[N+]=[N-])C(NC(=O)C(Cl)(Cl)Cl)c1ccccc1. The fourth-order valence-electron chi connectivity index (χ4n) is 1.71. The minimum atomic E-state index is -2.20. The monoisotopic (exact) mass is 361 g/mol. The van der Waals surface area contributed by atoms with E-state index in [9.17, 15) is 15.1 Å². The van der Waals surface area contributed by atoms with Gasteiger partial charge in [-0.15, -0.1) is 0 Å². The van der Waals surface area contributed by atoms with Crippen molar-refractivity contribution in [2.45, 2.75) is 23.7 Å². The lowest BCUT2D eigenvalue weighted by Crippen LogP contribution is -2.43. The minimum absolute atomic E-state index is 0.233. The Morgan fingerprint density at radius 1 is 1.18 bits per heavy atom. The molecule has 1 aromatic rings. The lowest BCUT2D eigenvalue weighted by Gasteiger charge is -2.18. The first kappa shape index (κ1) is 18.7. The standard InChI is InChI=1S/C14H14Cl3N3O2/c1-8(2)12(21)11(20-18)10(9-6-4-3-5-7-9)19-13(22)14(15,16)17/h3-8,10H,1-2H3,(H,19,22). The summed E-state index contributed by atoms with van der Waals surface area (Å²) in [6.45, 7) is 3.29. The van der Waals surface area contributed by atoms with E-state index in [0.717, 1.165) is 0 Å². The van der Waals surface area contributed by atoms with Crippen molar-refractivity contribution in [2.75, 3.05) is 0 Å². The molecule has 1 rings (SSSR count). The van der Waals surface area contributed by atoms with Crippen molar-refractivity contribution in [1.82, 2.24) is 5.32 Å². The van der Waals surface area contributed by atoms with Crippen LogP contribution in [0.15, 0.2) is 30.3 Å². The van der Waals surface area contributed by atoms with Gasteiger partial charge in [0.2, 0.25) is 5.78 Å². The molecule has 0 radical (unpaired) electrons. The number of Topliss-reactive ketones (excluding diaryl/α,β-unsaturated/α-hetero) is 1. The molecule has 0 aliphatic heterocycles. The Kier molecular flexibility index (Phi) is 6.57. The van der Waals surface area contributed by atoms with Crippen LogP contribution in [-0.4, -0.2) is 26.0 Å². The number of nitrogens with zero attached hydrogens (tertiary/aromatic N) is 2. The van der Waals surface area contributed by atoms with Crippen LogP contribution in [0.25, 0.3) is 5.53 Å². The number of benzene rings is 1. The van der Waals surface area contributed by atoms with Crippen LogP contribution in [0.1, 0.15) is 25.5 Å². The van der Waals surface area contributed by atoms with Crippen molar-refractivity contribution in [2.24, 2.45) is 5.92 Å². The molecule has 118 valence electrons. The van der Waals surface area contributed by atoms with Gasteiger partial charge in [-0.25, -0.2) is 0 Å². The molecule has 0 aromatic heterocycles. The zero-order valence-electron chi connectivity index (χ0n) is 11.9. The largest absolute Gasteiger partial charge is 0.361 e. The molecule has 8 heteroatoms. The molecule has 1 unspecified atom stereocenters. The summed E-state index contributed by atoms with van der Waals surface area (Å²) in [6, 6.07) is 7.46. The van der Waals surface area contributed by atoms with Gasteiger partial charge >= 0.3 is 5.71 Å². The zero-order chi connectivity index (χ0) is 16.9. The molecule has 1 atom stereocenters. The van der Waals surface area contributed by atoms with Crippen molar-refractivity contribution < 1.29 is 14.4 Å². The molecule has 0 aliphatic carbocycles. The van der Waals surface area contributed by atoms with Crippen LogP contribution in [0.4, 0.5) is 0 Å². The molecule has 0 saturated heterocycles. The van der Waals surface area contributed by atoms with Crippen molar-refractivity contribution in [3.05, 3.63) is 41.4 Å². The van der Waals surface area contributed by atoms with E-state index in [0.29, 0.717) is 5.56 Å². The van der Waals surface area contributed by atoms with E-state index in [1.807, 2.05) is 0 Å². The van der Waals surface area contributed by atoms with Crippen LogP contribution in [0.5, 0.6) is 0 Å². The second-order valence-corrected chi connectivity index (χ2v) is 7.10. The van der Waals surface area contributed by atoms with Crippen molar-refractivity contribution in [1.29, 1.82) is 0 Å². The van der Waals surface area contributed by atoms with Gasteiger partial charge in [0, 0.05) is 5.92 Å².